The molecule has 128 heavy (non-hydrogen) atoms. The fourth-order valence-electron chi connectivity index (χ4n) is 12.8. The van der Waals surface area contributed by atoms with Gasteiger partial charge >= 0.3 is 24.7 Å². The van der Waals surface area contributed by atoms with Crippen molar-refractivity contribution in [3.8, 4) is 34.8 Å². The maximum atomic E-state index is 13.4. The zero-order chi connectivity index (χ0) is 96.1. The van der Waals surface area contributed by atoms with Crippen molar-refractivity contribution in [2.45, 2.75) is 190 Å². The molecule has 3 aromatic heterocycles. The van der Waals surface area contributed by atoms with Gasteiger partial charge in [-0.05, 0) is 187 Å². The van der Waals surface area contributed by atoms with Gasteiger partial charge in [0.05, 0.1) is 67.6 Å². The summed E-state index contributed by atoms with van der Waals surface area (Å²) in [5.41, 5.74) is 13.1. The van der Waals surface area contributed by atoms with Crippen LogP contribution in [0.4, 0.5) is 52.7 Å². The number of nitrogens with zero attached hydrogens (tertiary/aromatic N) is 4. The summed E-state index contributed by atoms with van der Waals surface area (Å²) in [6.07, 6.45) is -23.7. The van der Waals surface area contributed by atoms with E-state index in [1.807, 2.05) is 107 Å². The number of hydrogen-bond acceptors (Lipinski definition) is 16. The van der Waals surface area contributed by atoms with Gasteiger partial charge in [-0.3, -0.25) is 28.2 Å². The SMILES string of the molecule is CC(OS(C)(=O)=O)C(F)(F)F.CC(Oc1ccc2c(c1Cl)C(=O)NCC2)C(F)(F)F.Cc1cc(C)c(CCl)c(OCc2ccccc2)n1.Cc1cc(C)c(CN2CCc3ccc(OC(C)C(F)(F)F)c(Cl)c3C2=O)c(=O)[nH]1.Cc1cc(C)c(CN2CCc3ccc(OC(C)C(F)(F)F)c(Cl)c3C2=O)c(OCc2ccccc2)n1.O=C1NCCc2ccc(O)c(Cl)c21.[2H]CC. The molecular weight excluding hydrogens is 1830 g/mol. The van der Waals surface area contributed by atoms with Crippen LogP contribution in [0.3, 0.4) is 0 Å². The van der Waals surface area contributed by atoms with Crippen LogP contribution in [0.5, 0.6) is 34.8 Å². The second kappa shape index (κ2) is 45.8. The number of alkyl halides is 13. The lowest BCUT2D eigenvalue weighted by Crippen LogP contribution is -2.39. The van der Waals surface area contributed by atoms with E-state index in [0.29, 0.717) is 124 Å². The third kappa shape index (κ3) is 29.1. The van der Waals surface area contributed by atoms with Gasteiger partial charge in [0.2, 0.25) is 11.8 Å². The third-order valence-electron chi connectivity index (χ3n) is 19.6. The van der Waals surface area contributed by atoms with Gasteiger partial charge in [-0.25, -0.2) is 9.97 Å². The normalized spacial score (nSPS) is 14.5. The second-order valence-electron chi connectivity index (χ2n) is 29.4. The molecule has 0 radical (unpaired) electrons. The fraction of sp³-hybridized carbons (Fsp3) is 0.382. The summed E-state index contributed by atoms with van der Waals surface area (Å²) in [7, 11) is -4.03. The topological polar surface area (TPSA) is 267 Å². The first-order valence-corrected chi connectivity index (χ1v) is 43.2. The largest absolute Gasteiger partial charge is 0.506 e. The Bertz CT molecular complexity index is 5610. The number of carbonyl (C=O) groups is 4. The standard InChI is InChI=1S/C27H26ClF3N2O3.C20H20ClF3N2O3.C15H16ClNO.C12H11ClF3NO2.C9H8ClNO2.C4H7F3O3S.C2H6/c1-16-13-17(2)32-25(35-15-19-7-5-4-6-8-19)21(16)14-33-12-11-20-9-10-22(24(28)23(20)26(33)34)36-18(3)27(29,30)31;1-10-8-11(2)25-18(27)14(10)9-26-7-6-13-4-5-15(17(21)16(13)19(26)28)29-12(3)20(22,23)24;1-11-8-12(2)17-15(14(11)9-16)18-10-13-6-4-3-5-7-13;1-6(12(14,15)16)19-8-3-2-7-4-5-17-11(18)9(7)10(8)13;10-8-6(12)2-1-5-3-4-11-9(13)7(5)8;1-3(4(5,6)7)10-11(2,8)9;1-2/h4-10,13,18H,11-12,14-15H2,1-3H3;4-5,8,12H,6-7,9H2,1-3H3,(H,25,27);3-8H,9-10H2,1-2H3;2-3,6H,4-5H2,1H3,(H,17,18);1-2,12H,3-4H2,(H,11,13);3H,1-2H3;1-2H3/i;;;;;;1D. The van der Waals surface area contributed by atoms with Crippen LogP contribution < -0.4 is 39.9 Å². The number of aromatic hydroxyl groups is 1. The van der Waals surface area contributed by atoms with Crippen molar-refractivity contribution in [2.24, 2.45) is 0 Å². The zero-order valence-electron chi connectivity index (χ0n) is 72.2. The molecule has 0 fully saturated rings. The van der Waals surface area contributed by atoms with Gasteiger partial charge in [0, 0.05) is 61.3 Å². The van der Waals surface area contributed by atoms with Crippen LogP contribution in [-0.4, -0.2) is 143 Å². The Morgan fingerprint density at radius 3 is 1.20 bits per heavy atom. The summed E-state index contributed by atoms with van der Waals surface area (Å²) < 4.78 is 206. The average molecular weight is 1920 g/mol. The Hall–Kier alpha value is -10.2. The first kappa shape index (κ1) is 103. The molecule has 4 N–H and O–H groups in total. The van der Waals surface area contributed by atoms with E-state index in [1.54, 1.807) is 49.9 Å². The molecule has 4 atom stereocenters. The number of hydrogen-bond donors (Lipinski definition) is 4. The van der Waals surface area contributed by atoms with Crippen LogP contribution in [0, 0.1) is 41.5 Å². The Morgan fingerprint density at radius 2 is 0.828 bits per heavy atom. The molecule has 0 spiro atoms. The highest BCUT2D eigenvalue weighted by Gasteiger charge is 2.43. The molecule has 4 aliphatic rings. The van der Waals surface area contributed by atoms with Crippen molar-refractivity contribution in [2.75, 3.05) is 32.4 Å². The number of ether oxygens (including phenoxy) is 5. The van der Waals surface area contributed by atoms with E-state index in [0.717, 1.165) is 88.8 Å². The molecule has 4 unspecified atom stereocenters. The summed E-state index contributed by atoms with van der Waals surface area (Å²) in [6.45, 7) is 20.0. The minimum atomic E-state index is -4.64. The van der Waals surface area contributed by atoms with Crippen LogP contribution in [0.1, 0.15) is 168 Å². The van der Waals surface area contributed by atoms with Gasteiger partial charge in [-0.1, -0.05) is 145 Å². The van der Waals surface area contributed by atoms with Crippen LogP contribution in [0.15, 0.2) is 132 Å². The van der Waals surface area contributed by atoms with Crippen molar-refractivity contribution in [3.05, 3.63) is 264 Å². The number of aromatic amines is 1. The summed E-state index contributed by atoms with van der Waals surface area (Å²) >= 11 is 30.4. The predicted octanol–water partition coefficient (Wildman–Crippen LogP) is 20.9. The quantitative estimate of drug-likeness (QED) is 0.0333. The summed E-state index contributed by atoms with van der Waals surface area (Å²) in [5.74, 6) is -0.461. The molecule has 4 amide bonds. The van der Waals surface area contributed by atoms with E-state index in [-0.39, 0.29) is 90.2 Å². The van der Waals surface area contributed by atoms with E-state index in [9.17, 15) is 90.2 Å². The van der Waals surface area contributed by atoms with Crippen molar-refractivity contribution in [3.63, 3.8) is 0 Å². The molecule has 39 heteroatoms. The van der Waals surface area contributed by atoms with Gasteiger partial charge < -0.3 is 54.2 Å². The number of carbonyl (C=O) groups excluding carboxylic acids is 4. The van der Waals surface area contributed by atoms with Crippen molar-refractivity contribution in [1.82, 2.24) is 35.4 Å². The number of aromatic nitrogens is 3. The van der Waals surface area contributed by atoms with Gasteiger partial charge in [0.15, 0.2) is 24.4 Å². The minimum absolute atomic E-state index is 0.0440. The monoisotopic (exact) mass is 1920 g/mol. The van der Waals surface area contributed by atoms with E-state index < -0.39 is 71.1 Å². The van der Waals surface area contributed by atoms with E-state index >= 15 is 0 Å². The van der Waals surface area contributed by atoms with E-state index in [2.05, 4.69) is 29.8 Å². The van der Waals surface area contributed by atoms with Crippen LogP contribution in [0.2, 0.25) is 20.1 Å². The first-order valence-electron chi connectivity index (χ1n) is 40.1. The number of benzene rings is 6. The molecule has 0 saturated carbocycles. The number of H-pyrrole nitrogens is 1. The molecule has 6 aromatic carbocycles. The highest BCUT2D eigenvalue weighted by molar-refractivity contribution is 7.86. The van der Waals surface area contributed by atoms with E-state index in [1.165, 1.54) is 29.2 Å². The summed E-state index contributed by atoms with van der Waals surface area (Å²) in [4.78, 5) is 76.5. The number of amides is 4. The minimum Gasteiger partial charge on any atom is -0.506 e. The summed E-state index contributed by atoms with van der Waals surface area (Å²) in [5, 5.41) is 14.3. The van der Waals surface area contributed by atoms with Crippen LogP contribution >= 0.6 is 58.0 Å². The van der Waals surface area contributed by atoms with Gasteiger partial charge in [-0.15, -0.1) is 11.6 Å². The number of phenolic OH excluding ortho intramolecular Hbond substituents is 1. The number of fused-ring (bicyclic) bond motifs is 4. The Balaban J connectivity index is 0.000000220. The lowest BCUT2D eigenvalue weighted by atomic mass is 9.97. The number of nitrogens with one attached hydrogen (secondary N) is 3. The molecule has 7 heterocycles. The predicted molar refractivity (Wildman–Crippen MR) is 463 cm³/mol. The molecule has 0 bridgehead atoms. The lowest BCUT2D eigenvalue weighted by Gasteiger charge is -2.31. The maximum absolute atomic E-state index is 13.4. The first-order chi connectivity index (χ1) is 60.3. The number of rotatable bonds is 19. The highest BCUT2D eigenvalue weighted by atomic mass is 35.5. The third-order valence-corrected chi connectivity index (χ3v) is 22.0. The number of phenols is 1. The van der Waals surface area contributed by atoms with Crippen LogP contribution in [0.25, 0.3) is 0 Å². The molecule has 694 valence electrons. The molecule has 9 aromatic rings. The lowest BCUT2D eigenvalue weighted by molar-refractivity contribution is -0.189. The molecular formula is C89H94Cl5F12N7O14S. The Morgan fingerprint density at radius 1 is 0.484 bits per heavy atom. The highest BCUT2D eigenvalue weighted by Crippen LogP contribution is 2.42. The maximum Gasteiger partial charge on any atom is 0.425 e. The Labute approximate surface area is 758 Å². The molecule has 4 aliphatic heterocycles. The Kier molecular flexibility index (Phi) is 36.9. The van der Waals surface area contributed by atoms with Crippen molar-refractivity contribution >= 4 is 91.8 Å². The fourth-order valence-corrected chi connectivity index (χ4v) is 15.0. The summed E-state index contributed by atoms with van der Waals surface area (Å²) in [6, 6.07) is 37.5. The van der Waals surface area contributed by atoms with E-state index in [4.69, 9.17) is 83.1 Å². The molecule has 0 aliphatic carbocycles. The molecule has 13 rings (SSSR count). The number of aryl methyl sites for hydroxylation is 6. The molecule has 21 nitrogen and oxygen atoms in total. The van der Waals surface area contributed by atoms with Crippen molar-refractivity contribution in [1.29, 1.82) is 0 Å². The van der Waals surface area contributed by atoms with Crippen LogP contribution in [-0.2, 0) is 72.2 Å². The van der Waals surface area contributed by atoms with Gasteiger partial charge in [0.25, 0.3) is 39.3 Å². The zero-order valence-corrected chi connectivity index (χ0v) is 75.8. The molecule has 0 saturated heterocycles. The smallest absolute Gasteiger partial charge is 0.425 e. The second-order valence-corrected chi connectivity index (χ2v) is 32.8. The number of pyridine rings is 3. The van der Waals surface area contributed by atoms with Gasteiger partial charge in [-0.2, -0.15) is 61.1 Å². The number of halogens is 17. The van der Waals surface area contributed by atoms with Gasteiger partial charge in [0.1, 0.15) is 36.2 Å². The van der Waals surface area contributed by atoms with Crippen molar-refractivity contribution < 1.29 is 115 Å². The average Bonchev–Trinajstić information content (AvgIpc) is 0.778.